The van der Waals surface area contributed by atoms with Crippen molar-refractivity contribution in [3.8, 4) is 11.8 Å². The Morgan fingerprint density at radius 3 is 2.50 bits per heavy atom. The summed E-state index contributed by atoms with van der Waals surface area (Å²) in [7, 11) is 1.28. The molecule has 0 radical (unpaired) electrons. The van der Waals surface area contributed by atoms with E-state index >= 15 is 0 Å². The van der Waals surface area contributed by atoms with Gasteiger partial charge in [-0.05, 0) is 86.6 Å². The lowest BCUT2D eigenvalue weighted by atomic mass is 10.1. The maximum absolute atomic E-state index is 12.4. The molecule has 9 heteroatoms. The van der Waals surface area contributed by atoms with E-state index in [9.17, 15) is 14.9 Å². The Balaban J connectivity index is 2.21. The highest BCUT2D eigenvalue weighted by atomic mass is 127. The first-order valence-corrected chi connectivity index (χ1v) is 10.4. The van der Waals surface area contributed by atoms with Crippen molar-refractivity contribution in [1.82, 2.24) is 0 Å². The van der Waals surface area contributed by atoms with E-state index in [-0.39, 0.29) is 12.2 Å². The number of nitrogens with one attached hydrogen (secondary N) is 1. The SMILES string of the molecule is COC(=O)COc1c(Br)cc(/C=C(/C#N)C(=O)Nc2ccc(Br)cc2)cc1I. The Kier molecular flexibility index (Phi) is 8.47. The van der Waals surface area contributed by atoms with Gasteiger partial charge < -0.3 is 14.8 Å². The number of carbonyl (C=O) groups is 2. The number of methoxy groups -OCH3 is 1. The summed E-state index contributed by atoms with van der Waals surface area (Å²) in [6.07, 6.45) is 1.48. The van der Waals surface area contributed by atoms with Gasteiger partial charge in [0.15, 0.2) is 6.61 Å². The number of hydrogen-bond donors (Lipinski definition) is 1. The summed E-state index contributed by atoms with van der Waals surface area (Å²) in [6.45, 7) is -0.223. The lowest BCUT2D eigenvalue weighted by Crippen LogP contribution is -2.14. The van der Waals surface area contributed by atoms with Crippen LogP contribution in [-0.4, -0.2) is 25.6 Å². The summed E-state index contributed by atoms with van der Waals surface area (Å²) in [5.74, 6) is -0.536. The maximum atomic E-state index is 12.4. The van der Waals surface area contributed by atoms with Crippen LogP contribution in [-0.2, 0) is 14.3 Å². The molecule has 0 atom stereocenters. The molecule has 0 aliphatic heterocycles. The van der Waals surface area contributed by atoms with Crippen molar-refractivity contribution in [1.29, 1.82) is 5.26 Å². The third kappa shape index (κ3) is 6.32. The molecule has 0 spiro atoms. The van der Waals surface area contributed by atoms with Crippen molar-refractivity contribution in [3.63, 3.8) is 0 Å². The van der Waals surface area contributed by atoms with Gasteiger partial charge in [0.25, 0.3) is 5.91 Å². The van der Waals surface area contributed by atoms with Crippen molar-refractivity contribution in [2.24, 2.45) is 0 Å². The molecule has 6 nitrogen and oxygen atoms in total. The number of rotatable bonds is 6. The number of nitrogens with zero attached hydrogens (tertiary/aromatic N) is 1. The first-order chi connectivity index (χ1) is 13.3. The van der Waals surface area contributed by atoms with Gasteiger partial charge in [-0.1, -0.05) is 15.9 Å². The molecule has 0 aliphatic rings. The molecule has 0 saturated heterocycles. The molecule has 0 aliphatic carbocycles. The van der Waals surface area contributed by atoms with Gasteiger partial charge in [0.1, 0.15) is 17.4 Å². The third-order valence-corrected chi connectivity index (χ3v) is 5.28. The Labute approximate surface area is 192 Å². The Bertz CT molecular complexity index is 946. The number of esters is 1. The lowest BCUT2D eigenvalue weighted by molar-refractivity contribution is -0.142. The van der Waals surface area contributed by atoms with Crippen LogP contribution in [0.5, 0.6) is 5.75 Å². The molecule has 28 heavy (non-hydrogen) atoms. The van der Waals surface area contributed by atoms with Gasteiger partial charge in [-0.25, -0.2) is 4.79 Å². The minimum atomic E-state index is -0.512. The van der Waals surface area contributed by atoms with E-state index < -0.39 is 11.9 Å². The van der Waals surface area contributed by atoms with E-state index in [4.69, 9.17) is 4.74 Å². The van der Waals surface area contributed by atoms with Crippen molar-refractivity contribution in [2.45, 2.75) is 0 Å². The molecular weight excluding hydrogens is 607 g/mol. The van der Waals surface area contributed by atoms with Crippen molar-refractivity contribution < 1.29 is 19.1 Å². The minimum absolute atomic E-state index is 0.0474. The molecule has 0 unspecified atom stereocenters. The zero-order valence-corrected chi connectivity index (χ0v) is 19.8. The van der Waals surface area contributed by atoms with Crippen molar-refractivity contribution in [2.75, 3.05) is 19.0 Å². The van der Waals surface area contributed by atoms with Crippen LogP contribution in [0, 0.1) is 14.9 Å². The zero-order chi connectivity index (χ0) is 20.7. The number of hydrogen-bond acceptors (Lipinski definition) is 5. The maximum Gasteiger partial charge on any atom is 0.343 e. The number of carbonyl (C=O) groups excluding carboxylic acids is 2. The molecule has 0 heterocycles. The van der Waals surface area contributed by atoms with Gasteiger partial charge in [-0.15, -0.1) is 0 Å². The van der Waals surface area contributed by atoms with Crippen LogP contribution in [0.3, 0.4) is 0 Å². The molecule has 0 fully saturated rings. The van der Waals surface area contributed by atoms with Crippen LogP contribution in [0.2, 0.25) is 0 Å². The lowest BCUT2D eigenvalue weighted by Gasteiger charge is -2.10. The molecule has 0 bridgehead atoms. The second-order valence-corrected chi connectivity index (χ2v) is 8.24. The summed E-state index contributed by atoms with van der Waals surface area (Å²) < 4.78 is 12.2. The average molecular weight is 620 g/mol. The number of nitriles is 1. The van der Waals surface area contributed by atoms with E-state index in [1.165, 1.54) is 13.2 Å². The smallest absolute Gasteiger partial charge is 0.343 e. The number of halogens is 3. The van der Waals surface area contributed by atoms with Gasteiger partial charge >= 0.3 is 5.97 Å². The van der Waals surface area contributed by atoms with Crippen LogP contribution in [0.25, 0.3) is 6.08 Å². The van der Waals surface area contributed by atoms with E-state index in [0.29, 0.717) is 25.0 Å². The van der Waals surface area contributed by atoms with Gasteiger partial charge in [-0.2, -0.15) is 5.26 Å². The fraction of sp³-hybridized carbons (Fsp3) is 0.105. The second-order valence-electron chi connectivity index (χ2n) is 5.31. The number of benzene rings is 2. The van der Waals surface area contributed by atoms with E-state index in [2.05, 4.69) is 41.9 Å². The van der Waals surface area contributed by atoms with Crippen LogP contribution < -0.4 is 10.1 Å². The number of anilines is 1. The largest absolute Gasteiger partial charge is 0.480 e. The molecule has 1 N–H and O–H groups in total. The standard InChI is InChI=1S/C19H13Br2IN2O4/c1-27-17(25)10-28-18-15(21)7-11(8-16(18)22)6-12(9-23)19(26)24-14-4-2-13(20)3-5-14/h2-8H,10H2,1H3,(H,24,26)/b12-6-. The second kappa shape index (κ2) is 10.6. The summed E-state index contributed by atoms with van der Waals surface area (Å²) >= 11 is 8.75. The summed E-state index contributed by atoms with van der Waals surface area (Å²) in [5.41, 5.74) is 1.16. The first kappa shape index (κ1) is 22.4. The van der Waals surface area contributed by atoms with E-state index in [1.54, 1.807) is 36.4 Å². The molecule has 2 aromatic rings. The topological polar surface area (TPSA) is 88.4 Å². The Hall–Kier alpha value is -1.90. The third-order valence-electron chi connectivity index (χ3n) is 3.36. The van der Waals surface area contributed by atoms with Gasteiger partial charge in [0, 0.05) is 10.2 Å². The molecular formula is C19H13Br2IN2O4. The zero-order valence-electron chi connectivity index (χ0n) is 14.5. The monoisotopic (exact) mass is 618 g/mol. The Morgan fingerprint density at radius 1 is 1.25 bits per heavy atom. The van der Waals surface area contributed by atoms with Gasteiger partial charge in [0.2, 0.25) is 0 Å². The highest BCUT2D eigenvalue weighted by molar-refractivity contribution is 14.1. The van der Waals surface area contributed by atoms with E-state index in [0.717, 1.165) is 4.47 Å². The van der Waals surface area contributed by atoms with Gasteiger partial charge in [-0.3, -0.25) is 4.79 Å². The van der Waals surface area contributed by atoms with Crippen LogP contribution in [0.15, 0.2) is 50.9 Å². The average Bonchev–Trinajstić information content (AvgIpc) is 2.66. The van der Waals surface area contributed by atoms with Crippen molar-refractivity contribution in [3.05, 3.63) is 60.1 Å². The van der Waals surface area contributed by atoms with Crippen LogP contribution >= 0.6 is 54.5 Å². The fourth-order valence-corrected chi connectivity index (χ4v) is 4.07. The summed E-state index contributed by atoms with van der Waals surface area (Å²) in [5, 5.41) is 12.0. The molecule has 1 amide bonds. The van der Waals surface area contributed by atoms with Gasteiger partial charge in [0.05, 0.1) is 15.2 Å². The predicted octanol–water partition coefficient (Wildman–Crippen LogP) is 4.91. The van der Waals surface area contributed by atoms with Crippen LogP contribution in [0.4, 0.5) is 5.69 Å². The highest BCUT2D eigenvalue weighted by Gasteiger charge is 2.13. The molecule has 0 aromatic heterocycles. The molecule has 144 valence electrons. The number of amides is 1. The summed E-state index contributed by atoms with van der Waals surface area (Å²) in [4.78, 5) is 23.6. The normalized spacial score (nSPS) is 10.8. The predicted molar refractivity (Wildman–Crippen MR) is 121 cm³/mol. The Morgan fingerprint density at radius 2 is 1.93 bits per heavy atom. The number of ether oxygens (including phenoxy) is 2. The minimum Gasteiger partial charge on any atom is -0.480 e. The molecule has 2 rings (SSSR count). The quantitative estimate of drug-likeness (QED) is 0.215. The molecule has 0 saturated carbocycles. The van der Waals surface area contributed by atoms with Crippen LogP contribution in [0.1, 0.15) is 5.56 Å². The van der Waals surface area contributed by atoms with Crippen molar-refractivity contribution >= 4 is 78.1 Å². The fourth-order valence-electron chi connectivity index (χ4n) is 2.04. The highest BCUT2D eigenvalue weighted by Crippen LogP contribution is 2.32. The first-order valence-electron chi connectivity index (χ1n) is 7.71. The van der Waals surface area contributed by atoms with E-state index in [1.807, 2.05) is 28.7 Å². The summed E-state index contributed by atoms with van der Waals surface area (Å²) in [6, 6.07) is 12.4. The molecule has 2 aromatic carbocycles.